The molecule has 1 N–H and O–H groups in total. The highest BCUT2D eigenvalue weighted by atomic mass is 32.1. The second-order valence-corrected chi connectivity index (χ2v) is 4.74. The van der Waals surface area contributed by atoms with Crippen molar-refractivity contribution in [2.45, 2.75) is 13.8 Å². The number of carbonyl (C=O) groups excluding carboxylic acids is 1. The summed E-state index contributed by atoms with van der Waals surface area (Å²) in [5.41, 5.74) is 0.753. The first-order valence-corrected chi connectivity index (χ1v) is 5.31. The molecule has 78 valence electrons. The molecular formula is C10H15NO2S. The van der Waals surface area contributed by atoms with Crippen molar-refractivity contribution in [3.8, 4) is 0 Å². The van der Waals surface area contributed by atoms with Gasteiger partial charge in [0.15, 0.2) is 0 Å². The first-order chi connectivity index (χ1) is 6.56. The van der Waals surface area contributed by atoms with Crippen LogP contribution in [0.2, 0.25) is 0 Å². The molecule has 0 aliphatic rings. The third kappa shape index (κ3) is 2.33. The minimum absolute atomic E-state index is 0.00437. The van der Waals surface area contributed by atoms with Crippen LogP contribution in [0.4, 0.5) is 0 Å². The van der Waals surface area contributed by atoms with Crippen molar-refractivity contribution in [1.29, 1.82) is 0 Å². The van der Waals surface area contributed by atoms with Crippen LogP contribution in [0.15, 0.2) is 6.07 Å². The number of likely N-dealkylation sites (N-methyl/N-ethyl adjacent to an activating group) is 1. The van der Waals surface area contributed by atoms with E-state index in [4.69, 9.17) is 5.11 Å². The fourth-order valence-electron chi connectivity index (χ4n) is 1.30. The van der Waals surface area contributed by atoms with Crippen LogP contribution in [-0.2, 0) is 0 Å². The predicted molar refractivity (Wildman–Crippen MR) is 57.8 cm³/mol. The summed E-state index contributed by atoms with van der Waals surface area (Å²) in [6, 6.07) is 1.90. The maximum Gasteiger partial charge on any atom is 0.254 e. The van der Waals surface area contributed by atoms with Crippen LogP contribution in [0.1, 0.15) is 20.1 Å². The molecule has 0 aromatic carbocycles. The van der Waals surface area contributed by atoms with E-state index in [0.29, 0.717) is 6.54 Å². The number of aliphatic hydroxyl groups is 1. The van der Waals surface area contributed by atoms with E-state index >= 15 is 0 Å². The van der Waals surface area contributed by atoms with E-state index in [1.165, 1.54) is 4.90 Å². The lowest BCUT2D eigenvalue weighted by molar-refractivity contribution is 0.0767. The van der Waals surface area contributed by atoms with Crippen molar-refractivity contribution in [3.63, 3.8) is 0 Å². The lowest BCUT2D eigenvalue weighted by Crippen LogP contribution is -2.29. The lowest BCUT2D eigenvalue weighted by atomic mass is 10.2. The molecule has 4 heteroatoms. The highest BCUT2D eigenvalue weighted by molar-refractivity contribution is 7.12. The minimum Gasteiger partial charge on any atom is -0.395 e. The summed E-state index contributed by atoms with van der Waals surface area (Å²) >= 11 is 1.62. The van der Waals surface area contributed by atoms with Gasteiger partial charge in [-0.25, -0.2) is 0 Å². The Morgan fingerprint density at radius 2 is 2.21 bits per heavy atom. The van der Waals surface area contributed by atoms with E-state index in [2.05, 4.69) is 0 Å². The summed E-state index contributed by atoms with van der Waals surface area (Å²) in [7, 11) is 1.70. The molecule has 0 spiro atoms. The zero-order valence-electron chi connectivity index (χ0n) is 8.70. The van der Waals surface area contributed by atoms with Gasteiger partial charge in [0.05, 0.1) is 12.2 Å². The molecule has 0 unspecified atom stereocenters. The van der Waals surface area contributed by atoms with Gasteiger partial charge in [0.25, 0.3) is 5.91 Å². The molecule has 1 rings (SSSR count). The van der Waals surface area contributed by atoms with Gasteiger partial charge in [-0.2, -0.15) is 0 Å². The van der Waals surface area contributed by atoms with Crippen LogP contribution in [0.5, 0.6) is 0 Å². The summed E-state index contributed by atoms with van der Waals surface area (Å²) < 4.78 is 0. The Morgan fingerprint density at radius 1 is 1.57 bits per heavy atom. The van der Waals surface area contributed by atoms with Crippen molar-refractivity contribution in [1.82, 2.24) is 4.90 Å². The smallest absolute Gasteiger partial charge is 0.254 e. The average Bonchev–Trinajstić information content (AvgIpc) is 2.44. The van der Waals surface area contributed by atoms with Gasteiger partial charge < -0.3 is 10.0 Å². The van der Waals surface area contributed by atoms with Crippen LogP contribution >= 0.6 is 11.3 Å². The van der Waals surface area contributed by atoms with Gasteiger partial charge >= 0.3 is 0 Å². The van der Waals surface area contributed by atoms with Gasteiger partial charge in [0.2, 0.25) is 0 Å². The molecule has 1 aromatic rings. The van der Waals surface area contributed by atoms with Gasteiger partial charge in [-0.05, 0) is 19.9 Å². The zero-order valence-corrected chi connectivity index (χ0v) is 9.52. The van der Waals surface area contributed by atoms with E-state index in [0.717, 1.165) is 15.3 Å². The van der Waals surface area contributed by atoms with E-state index in [1.807, 2.05) is 19.9 Å². The van der Waals surface area contributed by atoms with Crippen molar-refractivity contribution in [2.75, 3.05) is 20.2 Å². The summed E-state index contributed by atoms with van der Waals surface area (Å²) in [5.74, 6) is -0.0131. The molecule has 0 aliphatic heterocycles. The van der Waals surface area contributed by atoms with Crippen molar-refractivity contribution >= 4 is 17.2 Å². The Hall–Kier alpha value is -0.870. The zero-order chi connectivity index (χ0) is 10.7. The van der Waals surface area contributed by atoms with Crippen LogP contribution < -0.4 is 0 Å². The number of amides is 1. The standard InChI is InChI=1S/C10H15NO2S/c1-7-6-9(8(2)14-7)10(13)11(3)4-5-12/h6,12H,4-5H2,1-3H3. The predicted octanol–water partition coefficient (Wildman–Crippen LogP) is 1.43. The molecule has 0 radical (unpaired) electrons. The van der Waals surface area contributed by atoms with Crippen molar-refractivity contribution in [3.05, 3.63) is 21.4 Å². The molecule has 1 amide bonds. The quantitative estimate of drug-likeness (QED) is 0.825. The largest absolute Gasteiger partial charge is 0.395 e. The van der Waals surface area contributed by atoms with Gasteiger partial charge in [-0.3, -0.25) is 4.79 Å². The Bertz CT molecular complexity index is 333. The summed E-state index contributed by atoms with van der Waals surface area (Å²) in [5, 5.41) is 8.72. The van der Waals surface area contributed by atoms with Crippen LogP contribution in [0, 0.1) is 13.8 Å². The number of hydrogen-bond donors (Lipinski definition) is 1. The van der Waals surface area contributed by atoms with Crippen molar-refractivity contribution < 1.29 is 9.90 Å². The average molecular weight is 213 g/mol. The highest BCUT2D eigenvalue weighted by Crippen LogP contribution is 2.21. The molecule has 3 nitrogen and oxygen atoms in total. The van der Waals surface area contributed by atoms with E-state index in [1.54, 1.807) is 18.4 Å². The van der Waals surface area contributed by atoms with Crippen LogP contribution in [0.25, 0.3) is 0 Å². The summed E-state index contributed by atoms with van der Waals surface area (Å²) in [6.07, 6.45) is 0. The molecule has 0 fully saturated rings. The molecular weight excluding hydrogens is 198 g/mol. The molecule has 14 heavy (non-hydrogen) atoms. The molecule has 1 aromatic heterocycles. The first-order valence-electron chi connectivity index (χ1n) is 4.49. The molecule has 0 atom stereocenters. The monoisotopic (exact) mass is 213 g/mol. The number of aryl methyl sites for hydroxylation is 2. The SMILES string of the molecule is Cc1cc(C(=O)N(C)CCO)c(C)s1. The number of hydrogen-bond acceptors (Lipinski definition) is 3. The number of carbonyl (C=O) groups is 1. The molecule has 0 aliphatic carbocycles. The van der Waals surface area contributed by atoms with Gasteiger partial charge in [0, 0.05) is 23.3 Å². The van der Waals surface area contributed by atoms with Crippen LogP contribution in [0.3, 0.4) is 0 Å². The fourth-order valence-corrected chi connectivity index (χ4v) is 2.22. The Balaban J connectivity index is 2.83. The number of thiophene rings is 1. The summed E-state index contributed by atoms with van der Waals surface area (Å²) in [4.78, 5) is 15.5. The second-order valence-electron chi connectivity index (χ2n) is 3.28. The van der Waals surface area contributed by atoms with E-state index < -0.39 is 0 Å². The third-order valence-corrected chi connectivity index (χ3v) is 3.02. The van der Waals surface area contributed by atoms with Gasteiger partial charge in [0.1, 0.15) is 0 Å². The van der Waals surface area contributed by atoms with E-state index in [-0.39, 0.29) is 12.5 Å². The van der Waals surface area contributed by atoms with Crippen LogP contribution in [-0.4, -0.2) is 36.1 Å². The Morgan fingerprint density at radius 3 is 2.64 bits per heavy atom. The number of nitrogens with zero attached hydrogens (tertiary/aromatic N) is 1. The lowest BCUT2D eigenvalue weighted by Gasteiger charge is -2.15. The fraction of sp³-hybridized carbons (Fsp3) is 0.500. The topological polar surface area (TPSA) is 40.5 Å². The minimum atomic E-state index is -0.0131. The van der Waals surface area contributed by atoms with Crippen molar-refractivity contribution in [2.24, 2.45) is 0 Å². The number of rotatable bonds is 3. The molecule has 0 saturated carbocycles. The summed E-state index contributed by atoms with van der Waals surface area (Å²) in [6.45, 7) is 4.32. The molecule has 0 saturated heterocycles. The second kappa shape index (κ2) is 4.57. The molecule has 1 heterocycles. The Labute approximate surface area is 88.0 Å². The molecule has 0 bridgehead atoms. The maximum atomic E-state index is 11.8. The first kappa shape index (κ1) is 11.2. The van der Waals surface area contributed by atoms with E-state index in [9.17, 15) is 4.79 Å². The maximum absolute atomic E-state index is 11.8. The highest BCUT2D eigenvalue weighted by Gasteiger charge is 2.15. The Kier molecular flexibility index (Phi) is 3.66. The van der Waals surface area contributed by atoms with Gasteiger partial charge in [-0.15, -0.1) is 11.3 Å². The third-order valence-electron chi connectivity index (χ3n) is 2.05. The number of aliphatic hydroxyl groups excluding tert-OH is 1. The van der Waals surface area contributed by atoms with Gasteiger partial charge in [-0.1, -0.05) is 0 Å². The normalized spacial score (nSPS) is 10.3.